The SMILES string of the molecule is CCN(C(=O)Cn1cccc1CNC1CC1)C1CC1. The van der Waals surface area contributed by atoms with Crippen LogP contribution in [0.2, 0.25) is 0 Å². The number of nitrogens with zero attached hydrogens (tertiary/aromatic N) is 2. The fourth-order valence-corrected chi connectivity index (χ4v) is 2.56. The Labute approximate surface area is 114 Å². The number of amides is 1. The Morgan fingerprint density at radius 1 is 1.42 bits per heavy atom. The topological polar surface area (TPSA) is 37.3 Å². The molecule has 1 aromatic rings. The number of carbonyl (C=O) groups is 1. The van der Waals surface area contributed by atoms with Gasteiger partial charge in [-0.1, -0.05) is 0 Å². The van der Waals surface area contributed by atoms with Crippen LogP contribution in [-0.4, -0.2) is 34.0 Å². The maximum absolute atomic E-state index is 12.3. The minimum Gasteiger partial charge on any atom is -0.341 e. The Morgan fingerprint density at radius 2 is 2.21 bits per heavy atom. The summed E-state index contributed by atoms with van der Waals surface area (Å²) in [6.07, 6.45) is 6.97. The number of hydrogen-bond donors (Lipinski definition) is 1. The second-order valence-corrected chi connectivity index (χ2v) is 5.69. The number of aromatic nitrogens is 1. The molecular formula is C15H23N3O. The van der Waals surface area contributed by atoms with E-state index in [1.165, 1.54) is 31.4 Å². The summed E-state index contributed by atoms with van der Waals surface area (Å²) in [4.78, 5) is 14.3. The van der Waals surface area contributed by atoms with Crippen molar-refractivity contribution in [2.24, 2.45) is 0 Å². The van der Waals surface area contributed by atoms with Crippen LogP contribution in [0.25, 0.3) is 0 Å². The summed E-state index contributed by atoms with van der Waals surface area (Å²) in [6, 6.07) is 5.36. The van der Waals surface area contributed by atoms with Crippen LogP contribution < -0.4 is 5.32 Å². The molecule has 19 heavy (non-hydrogen) atoms. The molecular weight excluding hydrogens is 238 g/mol. The smallest absolute Gasteiger partial charge is 0.242 e. The fourth-order valence-electron chi connectivity index (χ4n) is 2.56. The zero-order valence-corrected chi connectivity index (χ0v) is 11.6. The molecule has 0 radical (unpaired) electrons. The maximum Gasteiger partial charge on any atom is 0.242 e. The van der Waals surface area contributed by atoms with E-state index in [-0.39, 0.29) is 5.91 Å². The van der Waals surface area contributed by atoms with Crippen LogP contribution >= 0.6 is 0 Å². The molecule has 0 unspecified atom stereocenters. The van der Waals surface area contributed by atoms with Crippen molar-refractivity contribution in [3.8, 4) is 0 Å². The van der Waals surface area contributed by atoms with Crippen LogP contribution in [-0.2, 0) is 17.9 Å². The standard InChI is InChI=1S/C15H23N3O/c1-2-18(13-7-8-13)15(19)11-17-9-3-4-14(17)10-16-12-5-6-12/h3-4,9,12-13,16H,2,5-8,10-11H2,1H3. The van der Waals surface area contributed by atoms with Crippen molar-refractivity contribution >= 4 is 5.91 Å². The summed E-state index contributed by atoms with van der Waals surface area (Å²) in [6.45, 7) is 4.27. The van der Waals surface area contributed by atoms with E-state index < -0.39 is 0 Å². The predicted molar refractivity (Wildman–Crippen MR) is 74.7 cm³/mol. The number of hydrogen-bond acceptors (Lipinski definition) is 2. The van der Waals surface area contributed by atoms with Gasteiger partial charge in [0, 0.05) is 37.1 Å². The monoisotopic (exact) mass is 261 g/mol. The summed E-state index contributed by atoms with van der Waals surface area (Å²) in [5, 5.41) is 3.51. The molecule has 2 aliphatic carbocycles. The minimum absolute atomic E-state index is 0.258. The van der Waals surface area contributed by atoms with Crippen molar-refractivity contribution in [3.05, 3.63) is 24.0 Å². The molecule has 3 rings (SSSR count). The van der Waals surface area contributed by atoms with Gasteiger partial charge in [0.05, 0.1) is 0 Å². The average Bonchev–Trinajstić information content (AvgIpc) is 3.30. The third-order valence-corrected chi connectivity index (χ3v) is 4.03. The van der Waals surface area contributed by atoms with Crippen LogP contribution in [0.1, 0.15) is 38.3 Å². The van der Waals surface area contributed by atoms with E-state index in [0.717, 1.165) is 13.1 Å². The molecule has 1 heterocycles. The molecule has 0 bridgehead atoms. The molecule has 4 heteroatoms. The molecule has 0 atom stereocenters. The van der Waals surface area contributed by atoms with E-state index in [1.54, 1.807) is 0 Å². The Morgan fingerprint density at radius 3 is 2.84 bits per heavy atom. The van der Waals surface area contributed by atoms with Gasteiger partial charge in [-0.25, -0.2) is 0 Å². The molecule has 0 aromatic carbocycles. The normalized spacial score (nSPS) is 18.6. The predicted octanol–water partition coefficient (Wildman–Crippen LogP) is 1.75. The zero-order chi connectivity index (χ0) is 13.2. The first-order chi connectivity index (χ1) is 9.28. The summed E-state index contributed by atoms with van der Waals surface area (Å²) in [7, 11) is 0. The van der Waals surface area contributed by atoms with Gasteiger partial charge in [0.2, 0.25) is 5.91 Å². The van der Waals surface area contributed by atoms with E-state index in [2.05, 4.69) is 22.9 Å². The first kappa shape index (κ1) is 12.7. The number of nitrogens with one attached hydrogen (secondary N) is 1. The first-order valence-corrected chi connectivity index (χ1v) is 7.44. The third kappa shape index (κ3) is 3.18. The van der Waals surface area contributed by atoms with Crippen molar-refractivity contribution < 1.29 is 4.79 Å². The quantitative estimate of drug-likeness (QED) is 0.812. The first-order valence-electron chi connectivity index (χ1n) is 7.44. The summed E-state index contributed by atoms with van der Waals surface area (Å²) in [5.41, 5.74) is 1.21. The van der Waals surface area contributed by atoms with E-state index in [0.29, 0.717) is 18.6 Å². The summed E-state index contributed by atoms with van der Waals surface area (Å²) >= 11 is 0. The minimum atomic E-state index is 0.258. The summed E-state index contributed by atoms with van der Waals surface area (Å²) in [5.74, 6) is 0.258. The van der Waals surface area contributed by atoms with Gasteiger partial charge in [-0.05, 0) is 44.7 Å². The van der Waals surface area contributed by atoms with Gasteiger partial charge in [-0.3, -0.25) is 4.79 Å². The fraction of sp³-hybridized carbons (Fsp3) is 0.667. The van der Waals surface area contributed by atoms with Gasteiger partial charge in [-0.15, -0.1) is 0 Å². The highest BCUT2D eigenvalue weighted by Gasteiger charge is 2.31. The molecule has 2 saturated carbocycles. The number of likely N-dealkylation sites (N-methyl/N-ethyl adjacent to an activating group) is 1. The van der Waals surface area contributed by atoms with Crippen molar-refractivity contribution in [2.75, 3.05) is 6.54 Å². The summed E-state index contributed by atoms with van der Waals surface area (Å²) < 4.78 is 2.09. The van der Waals surface area contributed by atoms with E-state index in [4.69, 9.17) is 0 Å². The molecule has 0 saturated heterocycles. The molecule has 4 nitrogen and oxygen atoms in total. The van der Waals surface area contributed by atoms with Crippen LogP contribution in [0.3, 0.4) is 0 Å². The highest BCUT2D eigenvalue weighted by Crippen LogP contribution is 2.26. The molecule has 0 aliphatic heterocycles. The van der Waals surface area contributed by atoms with Gasteiger partial charge < -0.3 is 14.8 Å². The molecule has 2 fully saturated rings. The second kappa shape index (κ2) is 5.37. The van der Waals surface area contributed by atoms with Crippen LogP contribution in [0, 0.1) is 0 Å². The van der Waals surface area contributed by atoms with Gasteiger partial charge in [0.25, 0.3) is 0 Å². The largest absolute Gasteiger partial charge is 0.341 e. The van der Waals surface area contributed by atoms with E-state index in [9.17, 15) is 4.79 Å². The average molecular weight is 261 g/mol. The lowest BCUT2D eigenvalue weighted by Gasteiger charge is -2.21. The Hall–Kier alpha value is -1.29. The third-order valence-electron chi connectivity index (χ3n) is 4.03. The van der Waals surface area contributed by atoms with Gasteiger partial charge in [0.15, 0.2) is 0 Å². The van der Waals surface area contributed by atoms with Crippen LogP contribution in [0.15, 0.2) is 18.3 Å². The Balaban J connectivity index is 1.58. The lowest BCUT2D eigenvalue weighted by molar-refractivity contribution is -0.132. The van der Waals surface area contributed by atoms with Crippen LogP contribution in [0.4, 0.5) is 0 Å². The van der Waals surface area contributed by atoms with Crippen molar-refractivity contribution in [1.82, 2.24) is 14.8 Å². The van der Waals surface area contributed by atoms with Crippen molar-refractivity contribution in [1.29, 1.82) is 0 Å². The maximum atomic E-state index is 12.3. The van der Waals surface area contributed by atoms with Gasteiger partial charge >= 0.3 is 0 Å². The Kier molecular flexibility index (Phi) is 3.60. The zero-order valence-electron chi connectivity index (χ0n) is 11.6. The van der Waals surface area contributed by atoms with E-state index >= 15 is 0 Å². The van der Waals surface area contributed by atoms with E-state index in [1.807, 2.05) is 17.2 Å². The van der Waals surface area contributed by atoms with Gasteiger partial charge in [-0.2, -0.15) is 0 Å². The molecule has 2 aliphatic rings. The van der Waals surface area contributed by atoms with Crippen molar-refractivity contribution in [2.45, 2.75) is 57.8 Å². The van der Waals surface area contributed by atoms with Crippen molar-refractivity contribution in [3.63, 3.8) is 0 Å². The molecule has 1 amide bonds. The lowest BCUT2D eigenvalue weighted by atomic mass is 10.4. The molecule has 1 aromatic heterocycles. The van der Waals surface area contributed by atoms with Crippen LogP contribution in [0.5, 0.6) is 0 Å². The lowest BCUT2D eigenvalue weighted by Crippen LogP contribution is -2.35. The second-order valence-electron chi connectivity index (χ2n) is 5.69. The number of carbonyl (C=O) groups excluding carboxylic acids is 1. The number of rotatable bonds is 7. The highest BCUT2D eigenvalue weighted by atomic mass is 16.2. The highest BCUT2D eigenvalue weighted by molar-refractivity contribution is 5.76. The molecule has 104 valence electrons. The van der Waals surface area contributed by atoms with Gasteiger partial charge in [0.1, 0.15) is 6.54 Å². The Bertz CT molecular complexity index is 446. The molecule has 0 spiro atoms. The molecule has 1 N–H and O–H groups in total.